The Balaban J connectivity index is 1.35. The van der Waals surface area contributed by atoms with Crippen molar-refractivity contribution in [3.8, 4) is 0 Å². The van der Waals surface area contributed by atoms with Crippen LogP contribution in [0, 0.1) is 62.1 Å². The third-order valence-electron chi connectivity index (χ3n) is 14.6. The van der Waals surface area contributed by atoms with E-state index in [9.17, 15) is 14.4 Å². The van der Waals surface area contributed by atoms with E-state index in [0.29, 0.717) is 23.5 Å². The molecule has 1 amide bonds. The normalized spacial score (nSPS) is 52.3. The van der Waals surface area contributed by atoms with Gasteiger partial charge in [-0.3, -0.25) is 14.4 Å². The lowest BCUT2D eigenvalue weighted by Crippen LogP contribution is -2.67. The lowest BCUT2D eigenvalue weighted by atomic mass is 9.34. The van der Waals surface area contributed by atoms with Crippen molar-refractivity contribution in [3.63, 3.8) is 0 Å². The Labute approximate surface area is 242 Å². The topological polar surface area (TPSA) is 72.5 Å². The average molecular weight is 554 g/mol. The van der Waals surface area contributed by atoms with Gasteiger partial charge in [0.1, 0.15) is 11.9 Å². The third-order valence-corrected chi connectivity index (χ3v) is 14.6. The minimum atomic E-state index is -0.345. The predicted octanol–water partition coefficient (Wildman–Crippen LogP) is 7.11. The minimum Gasteiger partial charge on any atom is -0.462 e. The molecule has 6 unspecified atom stereocenters. The summed E-state index contributed by atoms with van der Waals surface area (Å²) in [6.07, 6.45) is 10.4. The van der Waals surface area contributed by atoms with Crippen molar-refractivity contribution >= 4 is 17.7 Å². The van der Waals surface area contributed by atoms with Gasteiger partial charge in [-0.15, -0.1) is 0 Å². The molecule has 5 heteroatoms. The van der Waals surface area contributed by atoms with E-state index in [1.165, 1.54) is 19.8 Å². The van der Waals surface area contributed by atoms with Crippen LogP contribution in [0.1, 0.15) is 127 Å². The summed E-state index contributed by atoms with van der Waals surface area (Å²) in [5.74, 6) is 2.22. The van der Waals surface area contributed by atoms with Gasteiger partial charge in [0.25, 0.3) is 0 Å². The number of hydrogen-bond donors (Lipinski definition) is 1. The van der Waals surface area contributed by atoms with Crippen LogP contribution in [0.4, 0.5) is 0 Å². The Bertz CT molecular complexity index is 1130. The van der Waals surface area contributed by atoms with Gasteiger partial charge in [-0.1, -0.05) is 41.5 Å². The van der Waals surface area contributed by atoms with Crippen LogP contribution in [0.2, 0.25) is 0 Å². The number of carbonyl (C=O) groups is 3. The van der Waals surface area contributed by atoms with E-state index in [4.69, 9.17) is 4.74 Å². The van der Waals surface area contributed by atoms with Crippen LogP contribution in [0.5, 0.6) is 0 Å². The van der Waals surface area contributed by atoms with E-state index < -0.39 is 0 Å². The molecule has 0 aromatic carbocycles. The summed E-state index contributed by atoms with van der Waals surface area (Å²) in [7, 11) is 0. The largest absolute Gasteiger partial charge is 0.462 e. The molecule has 11 atom stereocenters. The number of ketones is 1. The molecule has 224 valence electrons. The molecule has 0 heterocycles. The van der Waals surface area contributed by atoms with E-state index in [1.54, 1.807) is 0 Å². The number of rotatable bonds is 3. The zero-order valence-corrected chi connectivity index (χ0v) is 26.7. The van der Waals surface area contributed by atoms with E-state index in [0.717, 1.165) is 51.4 Å². The highest BCUT2D eigenvalue weighted by Gasteiger charge is 2.81. The third kappa shape index (κ3) is 3.60. The molecule has 1 spiro atoms. The second-order valence-corrected chi connectivity index (χ2v) is 17.5. The van der Waals surface area contributed by atoms with Crippen molar-refractivity contribution in [1.29, 1.82) is 0 Å². The van der Waals surface area contributed by atoms with Crippen LogP contribution in [0.25, 0.3) is 0 Å². The Morgan fingerprint density at radius 1 is 0.825 bits per heavy atom. The molecular weight excluding hydrogens is 498 g/mol. The van der Waals surface area contributed by atoms with Gasteiger partial charge in [0.05, 0.1) is 0 Å². The maximum atomic E-state index is 14.8. The highest BCUT2D eigenvalue weighted by atomic mass is 16.5. The molecule has 6 aliphatic rings. The number of nitrogens with one attached hydrogen (secondary N) is 1. The summed E-state index contributed by atoms with van der Waals surface area (Å²) in [6.45, 7) is 19.8. The van der Waals surface area contributed by atoms with E-state index >= 15 is 0 Å². The monoisotopic (exact) mass is 553 g/mol. The van der Waals surface area contributed by atoms with Gasteiger partial charge in [0, 0.05) is 35.6 Å². The second kappa shape index (κ2) is 8.59. The average Bonchev–Trinajstić information content (AvgIpc) is 3.57. The number of Topliss-reactive ketones (excluding diaryl/α,β-unsaturated/α-hetero) is 1. The molecule has 0 aliphatic heterocycles. The Kier molecular flexibility index (Phi) is 6.17. The molecule has 0 bridgehead atoms. The van der Waals surface area contributed by atoms with Crippen molar-refractivity contribution in [2.45, 2.75) is 139 Å². The first-order valence-corrected chi connectivity index (χ1v) is 16.5. The highest BCUT2D eigenvalue weighted by Crippen LogP contribution is 2.83. The molecule has 0 radical (unpaired) electrons. The fourth-order valence-corrected chi connectivity index (χ4v) is 12.8. The maximum absolute atomic E-state index is 14.8. The summed E-state index contributed by atoms with van der Waals surface area (Å²) in [5, 5.41) is 3.24. The molecule has 6 saturated carbocycles. The fraction of sp³-hybridized carbons (Fsp3) is 0.914. The van der Waals surface area contributed by atoms with Gasteiger partial charge in [0.15, 0.2) is 0 Å². The zero-order valence-electron chi connectivity index (χ0n) is 26.7. The molecule has 6 aliphatic carbocycles. The number of hydrogen-bond acceptors (Lipinski definition) is 4. The van der Waals surface area contributed by atoms with Crippen molar-refractivity contribution in [2.24, 2.45) is 62.1 Å². The van der Waals surface area contributed by atoms with E-state index in [-0.39, 0.29) is 68.3 Å². The molecule has 0 aromatic rings. The second-order valence-electron chi connectivity index (χ2n) is 17.5. The summed E-state index contributed by atoms with van der Waals surface area (Å²) in [6, 6.07) is 0.149. The van der Waals surface area contributed by atoms with Gasteiger partial charge in [0.2, 0.25) is 5.91 Å². The molecule has 1 N–H and O–H groups in total. The SMILES string of the molecule is CC(=O)O[C@H]1CC[C@@]2(C)C(CC[C@@]3(C)C4CC[C@@]5(C)CCC(C)(C(=O)NC(C)C)C[C@H]5C45CC5C(=O)C23)C1(C)C. The molecule has 0 aromatic heterocycles. The predicted molar refractivity (Wildman–Crippen MR) is 156 cm³/mol. The quantitative estimate of drug-likeness (QED) is 0.378. The van der Waals surface area contributed by atoms with Gasteiger partial charge in [-0.05, 0) is 117 Å². The first-order chi connectivity index (χ1) is 18.5. The first kappa shape index (κ1) is 28.7. The summed E-state index contributed by atoms with van der Waals surface area (Å²) in [5.41, 5.74) is -0.215. The summed E-state index contributed by atoms with van der Waals surface area (Å²) >= 11 is 0. The van der Waals surface area contributed by atoms with Crippen molar-refractivity contribution in [1.82, 2.24) is 5.32 Å². The van der Waals surface area contributed by atoms with Crippen molar-refractivity contribution in [3.05, 3.63) is 0 Å². The molecule has 6 rings (SSSR count). The first-order valence-electron chi connectivity index (χ1n) is 16.5. The number of esters is 1. The van der Waals surface area contributed by atoms with Crippen LogP contribution in [0.15, 0.2) is 0 Å². The molecular formula is C35H55NO4. The van der Waals surface area contributed by atoms with Crippen molar-refractivity contribution < 1.29 is 19.1 Å². The zero-order chi connectivity index (χ0) is 29.3. The summed E-state index contributed by atoms with van der Waals surface area (Å²) < 4.78 is 5.88. The number of carbonyl (C=O) groups excluding carboxylic acids is 3. The summed E-state index contributed by atoms with van der Waals surface area (Å²) in [4.78, 5) is 40.3. The van der Waals surface area contributed by atoms with Gasteiger partial charge >= 0.3 is 5.97 Å². The Morgan fingerprint density at radius 3 is 2.10 bits per heavy atom. The lowest BCUT2D eigenvalue weighted by molar-refractivity contribution is -0.223. The van der Waals surface area contributed by atoms with Crippen LogP contribution in [-0.4, -0.2) is 29.8 Å². The smallest absolute Gasteiger partial charge is 0.302 e. The van der Waals surface area contributed by atoms with E-state index in [1.807, 2.05) is 0 Å². The molecule has 6 fully saturated rings. The number of ether oxygens (including phenoxy) is 1. The van der Waals surface area contributed by atoms with Crippen LogP contribution >= 0.6 is 0 Å². The number of fused-ring (bicyclic) bond motifs is 5. The molecule has 0 saturated heterocycles. The minimum absolute atomic E-state index is 0.00898. The standard InChI is InChI=1S/C35H55NO4/c1-20(2)36-29(39)32(7)17-16-31(6)13-10-24-34(9)14-11-23-30(4,5)26(40-21(3)37)12-15-33(23,8)28(34)27(38)22-18-35(22,24)25(31)19-32/h20,22-26,28H,10-19H2,1-9H3,(H,36,39)/t22?,23?,24?,25-,26+,28?,31+,32?,33+,34+,35?/m1/s1. The van der Waals surface area contributed by atoms with Gasteiger partial charge < -0.3 is 10.1 Å². The van der Waals surface area contributed by atoms with Crippen LogP contribution < -0.4 is 5.32 Å². The van der Waals surface area contributed by atoms with Gasteiger partial charge in [-0.2, -0.15) is 0 Å². The fourth-order valence-electron chi connectivity index (χ4n) is 12.8. The molecule has 40 heavy (non-hydrogen) atoms. The lowest BCUT2D eigenvalue weighted by Gasteiger charge is -2.69. The maximum Gasteiger partial charge on any atom is 0.302 e. The Morgan fingerprint density at radius 2 is 1.45 bits per heavy atom. The van der Waals surface area contributed by atoms with E-state index in [2.05, 4.69) is 60.7 Å². The number of amides is 1. The molecule has 5 nitrogen and oxygen atoms in total. The Hall–Kier alpha value is -1.39. The van der Waals surface area contributed by atoms with Crippen molar-refractivity contribution in [2.75, 3.05) is 0 Å². The van der Waals surface area contributed by atoms with Crippen LogP contribution in [-0.2, 0) is 19.1 Å². The van der Waals surface area contributed by atoms with Crippen LogP contribution in [0.3, 0.4) is 0 Å². The highest BCUT2D eigenvalue weighted by molar-refractivity contribution is 5.90. The van der Waals surface area contributed by atoms with Gasteiger partial charge in [-0.25, -0.2) is 0 Å².